The van der Waals surface area contributed by atoms with E-state index in [1.54, 1.807) is 37.4 Å². The Morgan fingerprint density at radius 1 is 1.21 bits per heavy atom. The third-order valence-electron chi connectivity index (χ3n) is 6.17. The number of hydrogen-bond donors (Lipinski definition) is 2. The van der Waals surface area contributed by atoms with E-state index >= 15 is 0 Å². The maximum atomic E-state index is 14.5. The maximum absolute atomic E-state index is 14.5. The third-order valence-corrected chi connectivity index (χ3v) is 6.17. The summed E-state index contributed by atoms with van der Waals surface area (Å²) >= 11 is 0. The number of anilines is 1. The first-order chi connectivity index (χ1) is 16.5. The van der Waals surface area contributed by atoms with Gasteiger partial charge < -0.3 is 20.1 Å². The van der Waals surface area contributed by atoms with Crippen molar-refractivity contribution in [1.82, 2.24) is 14.9 Å². The Kier molecular flexibility index (Phi) is 6.91. The zero-order valence-electron chi connectivity index (χ0n) is 19.1. The van der Waals surface area contributed by atoms with Crippen LogP contribution in [0, 0.1) is 12.4 Å². The van der Waals surface area contributed by atoms with Crippen LogP contribution in [-0.2, 0) is 7.05 Å². The van der Waals surface area contributed by atoms with Gasteiger partial charge in [-0.15, -0.1) is 0 Å². The molecule has 4 rings (SSSR count). The van der Waals surface area contributed by atoms with E-state index in [0.717, 1.165) is 25.9 Å². The highest BCUT2D eigenvalue weighted by atomic mass is 19.1. The monoisotopic (exact) mass is 463 g/mol. The van der Waals surface area contributed by atoms with Crippen LogP contribution in [-0.4, -0.2) is 47.6 Å². The normalized spacial score (nSPS) is 14.1. The first-order valence-electron chi connectivity index (χ1n) is 11.0. The molecule has 0 amide bonds. The summed E-state index contributed by atoms with van der Waals surface area (Å²) in [6.45, 7) is 8.15. The quantitative estimate of drug-likeness (QED) is 0.431. The molecule has 34 heavy (non-hydrogen) atoms. The van der Waals surface area contributed by atoms with Crippen LogP contribution >= 0.6 is 0 Å². The molecule has 9 heteroatoms. The fourth-order valence-electron chi connectivity index (χ4n) is 4.25. The minimum absolute atomic E-state index is 0.0889. The summed E-state index contributed by atoms with van der Waals surface area (Å²) in [4.78, 5) is 23.8. The first-order valence-corrected chi connectivity index (χ1v) is 11.0. The number of rotatable bonds is 6. The van der Waals surface area contributed by atoms with E-state index in [9.17, 15) is 9.18 Å². The van der Waals surface area contributed by atoms with Crippen molar-refractivity contribution >= 4 is 11.6 Å². The molecule has 0 saturated carbocycles. The lowest BCUT2D eigenvalue weighted by Crippen LogP contribution is -2.43. The standard InChI is InChI=1S/C25H26FN5O3/c1-27-18-10-12-31(13-11-18)25-29-23(17-6-9-21(28-2)20(26)14-17)22(24(33)30(25)3)16-4-7-19(8-5-16)34-15-32/h4-9,14,18,27,32H,10-13,15H2,1,3H3. The number of ether oxygens (including phenoxy) is 1. The molecule has 8 nitrogen and oxygen atoms in total. The molecular formula is C25H26FN5O3. The molecule has 1 aliphatic heterocycles. The number of halogens is 1. The van der Waals surface area contributed by atoms with Crippen LogP contribution in [0.2, 0.25) is 0 Å². The van der Waals surface area contributed by atoms with Gasteiger partial charge in [0.2, 0.25) is 11.6 Å². The second-order valence-corrected chi connectivity index (χ2v) is 8.13. The zero-order valence-corrected chi connectivity index (χ0v) is 19.1. The van der Waals surface area contributed by atoms with Gasteiger partial charge in [-0.2, -0.15) is 0 Å². The van der Waals surface area contributed by atoms with Crippen LogP contribution in [0.4, 0.5) is 16.0 Å². The van der Waals surface area contributed by atoms with Crippen molar-refractivity contribution in [1.29, 1.82) is 0 Å². The van der Waals surface area contributed by atoms with Gasteiger partial charge in [0, 0.05) is 31.7 Å². The van der Waals surface area contributed by atoms with Crippen molar-refractivity contribution < 1.29 is 14.2 Å². The average Bonchev–Trinajstić information content (AvgIpc) is 2.86. The van der Waals surface area contributed by atoms with Crippen LogP contribution in [0.1, 0.15) is 12.8 Å². The van der Waals surface area contributed by atoms with Crippen molar-refractivity contribution in [3.05, 3.63) is 70.1 Å². The van der Waals surface area contributed by atoms with Gasteiger partial charge in [0.15, 0.2) is 6.79 Å². The van der Waals surface area contributed by atoms with E-state index in [2.05, 4.69) is 15.1 Å². The summed E-state index contributed by atoms with van der Waals surface area (Å²) in [5.74, 6) is 0.311. The number of nitrogens with zero attached hydrogens (tertiary/aromatic N) is 4. The summed E-state index contributed by atoms with van der Waals surface area (Å²) in [6, 6.07) is 11.4. The summed E-state index contributed by atoms with van der Waals surface area (Å²) in [5.41, 5.74) is 1.32. The first kappa shape index (κ1) is 23.4. The molecule has 0 unspecified atom stereocenters. The van der Waals surface area contributed by atoms with Crippen molar-refractivity contribution in [3.8, 4) is 28.1 Å². The van der Waals surface area contributed by atoms with Crippen molar-refractivity contribution in [2.24, 2.45) is 7.05 Å². The highest BCUT2D eigenvalue weighted by molar-refractivity contribution is 5.82. The average molecular weight is 464 g/mol. The highest BCUT2D eigenvalue weighted by Gasteiger charge is 2.25. The molecule has 1 aromatic heterocycles. The number of benzene rings is 2. The lowest BCUT2D eigenvalue weighted by Gasteiger charge is -2.33. The minimum Gasteiger partial charge on any atom is -0.468 e. The Morgan fingerprint density at radius 3 is 2.47 bits per heavy atom. The van der Waals surface area contributed by atoms with Gasteiger partial charge in [-0.05, 0) is 43.7 Å². The fraction of sp³-hybridized carbons (Fsp3) is 0.320. The zero-order chi connectivity index (χ0) is 24.2. The predicted molar refractivity (Wildman–Crippen MR) is 129 cm³/mol. The van der Waals surface area contributed by atoms with Crippen LogP contribution in [0.25, 0.3) is 27.2 Å². The van der Waals surface area contributed by atoms with E-state index in [4.69, 9.17) is 21.4 Å². The van der Waals surface area contributed by atoms with Gasteiger partial charge >= 0.3 is 0 Å². The molecule has 0 radical (unpaired) electrons. The van der Waals surface area contributed by atoms with Gasteiger partial charge in [0.25, 0.3) is 5.56 Å². The lowest BCUT2D eigenvalue weighted by molar-refractivity contribution is 0.0985. The number of aliphatic hydroxyl groups is 1. The number of aliphatic hydroxyl groups excluding tert-OH is 1. The summed E-state index contributed by atoms with van der Waals surface area (Å²) in [6.07, 6.45) is 1.84. The lowest BCUT2D eigenvalue weighted by atomic mass is 9.99. The molecule has 0 atom stereocenters. The van der Waals surface area contributed by atoms with E-state index < -0.39 is 12.6 Å². The second kappa shape index (κ2) is 10.0. The molecule has 3 aromatic rings. The highest BCUT2D eigenvalue weighted by Crippen LogP contribution is 2.33. The molecule has 2 aromatic carbocycles. The SMILES string of the molecule is [C-]#[N+]c1ccc(-c2nc(N3CCC(NC)CC3)n(C)c(=O)c2-c2ccc(OCO)cc2)cc1F. The van der Waals surface area contributed by atoms with Gasteiger partial charge in [0.05, 0.1) is 17.8 Å². The Morgan fingerprint density at radius 2 is 1.88 bits per heavy atom. The molecule has 1 aliphatic rings. The van der Waals surface area contributed by atoms with Crippen LogP contribution in [0.5, 0.6) is 5.75 Å². The van der Waals surface area contributed by atoms with Crippen LogP contribution in [0.3, 0.4) is 0 Å². The molecule has 1 fully saturated rings. The van der Waals surface area contributed by atoms with E-state index in [0.29, 0.717) is 40.1 Å². The van der Waals surface area contributed by atoms with E-state index in [-0.39, 0.29) is 11.2 Å². The second-order valence-electron chi connectivity index (χ2n) is 8.13. The molecule has 0 bridgehead atoms. The Bertz CT molecular complexity index is 1280. The third kappa shape index (κ3) is 4.51. The number of piperidine rings is 1. The number of nitrogens with one attached hydrogen (secondary N) is 1. The van der Waals surface area contributed by atoms with Gasteiger partial charge in [0.1, 0.15) is 11.6 Å². The largest absolute Gasteiger partial charge is 0.468 e. The molecule has 2 N–H and O–H groups in total. The fourth-order valence-corrected chi connectivity index (χ4v) is 4.25. The van der Waals surface area contributed by atoms with Crippen molar-refractivity contribution in [3.63, 3.8) is 0 Å². The Labute approximate surface area is 197 Å². The van der Waals surface area contributed by atoms with Gasteiger partial charge in [-0.1, -0.05) is 24.3 Å². The topological polar surface area (TPSA) is 84.0 Å². The summed E-state index contributed by atoms with van der Waals surface area (Å²) in [7, 11) is 3.63. The summed E-state index contributed by atoms with van der Waals surface area (Å²) < 4.78 is 21.2. The van der Waals surface area contributed by atoms with Crippen LogP contribution in [0.15, 0.2) is 47.3 Å². The maximum Gasteiger partial charge on any atom is 0.263 e. The smallest absolute Gasteiger partial charge is 0.263 e. The molecule has 2 heterocycles. The van der Waals surface area contributed by atoms with E-state index in [1.807, 2.05) is 7.05 Å². The Hall–Kier alpha value is -3.74. The molecular weight excluding hydrogens is 437 g/mol. The molecule has 0 aliphatic carbocycles. The van der Waals surface area contributed by atoms with Crippen molar-refractivity contribution in [2.45, 2.75) is 18.9 Å². The molecule has 1 saturated heterocycles. The molecule has 0 spiro atoms. The summed E-state index contributed by atoms with van der Waals surface area (Å²) in [5, 5.41) is 12.3. The predicted octanol–water partition coefficient (Wildman–Crippen LogP) is 3.32. The minimum atomic E-state index is -0.663. The van der Waals surface area contributed by atoms with Crippen molar-refractivity contribution in [2.75, 3.05) is 31.8 Å². The van der Waals surface area contributed by atoms with Gasteiger partial charge in [-0.25, -0.2) is 14.2 Å². The van der Waals surface area contributed by atoms with E-state index in [1.165, 1.54) is 16.7 Å². The molecule has 176 valence electrons. The van der Waals surface area contributed by atoms with Gasteiger partial charge in [-0.3, -0.25) is 9.36 Å². The number of hydrogen-bond acceptors (Lipinski definition) is 6. The van der Waals surface area contributed by atoms with Crippen LogP contribution < -0.4 is 20.5 Å². The number of aromatic nitrogens is 2. The Balaban J connectivity index is 1.88.